The number of ether oxygens (including phenoxy) is 1. The molecule has 0 bridgehead atoms. The number of nitrogens with zero attached hydrogens (tertiary/aromatic N) is 1. The van der Waals surface area contributed by atoms with E-state index in [4.69, 9.17) is 20.8 Å². The summed E-state index contributed by atoms with van der Waals surface area (Å²) in [4.78, 5) is 17.7. The summed E-state index contributed by atoms with van der Waals surface area (Å²) in [6, 6.07) is 1.26. The molecule has 2 rings (SSSR count). The number of methoxy groups -OCH3 is 1. The molecule has 2 N–H and O–H groups in total. The van der Waals surface area contributed by atoms with Gasteiger partial charge in [-0.15, -0.1) is 0 Å². The molecule has 0 saturated carbocycles. The summed E-state index contributed by atoms with van der Waals surface area (Å²) in [5.41, 5.74) is -0.515. The summed E-state index contributed by atoms with van der Waals surface area (Å²) >= 11 is 5.88. The van der Waals surface area contributed by atoms with Gasteiger partial charge < -0.3 is 14.8 Å². The zero-order chi connectivity index (χ0) is 14.2. The zero-order valence-electron chi connectivity index (χ0n) is 11.0. The van der Waals surface area contributed by atoms with E-state index in [9.17, 15) is 4.79 Å². The summed E-state index contributed by atoms with van der Waals surface area (Å²) in [6.45, 7) is -2.43. The van der Waals surface area contributed by atoms with Crippen molar-refractivity contribution in [1.82, 2.24) is 9.97 Å². The molecule has 5 nitrogen and oxygen atoms in total. The Bertz CT molecular complexity index is 644. The van der Waals surface area contributed by atoms with Crippen molar-refractivity contribution in [3.05, 3.63) is 28.5 Å². The highest BCUT2D eigenvalue weighted by Crippen LogP contribution is 2.24. The van der Waals surface area contributed by atoms with Crippen LogP contribution in [0.4, 0.5) is 0 Å². The van der Waals surface area contributed by atoms with Crippen LogP contribution in [-0.2, 0) is 11.3 Å². The largest absolute Gasteiger partial charge is 0.476 e. The maximum absolute atomic E-state index is 11.1. The van der Waals surface area contributed by atoms with Crippen LogP contribution in [0.1, 0.15) is 20.2 Å². The van der Waals surface area contributed by atoms with Gasteiger partial charge in [-0.2, -0.15) is 0 Å². The molecule has 0 aliphatic rings. The molecule has 16 heavy (non-hydrogen) atoms. The van der Waals surface area contributed by atoms with Crippen molar-refractivity contribution in [3.63, 3.8) is 0 Å². The lowest BCUT2D eigenvalue weighted by molar-refractivity contribution is 0.0685. The first-order chi connectivity index (χ1) is 8.86. The number of carboxylic acids is 1. The highest BCUT2D eigenvalue weighted by Gasteiger charge is 2.15. The Kier molecular flexibility index (Phi) is 1.97. The molecule has 2 aromatic rings. The molecule has 0 fully saturated rings. The van der Waals surface area contributed by atoms with Crippen LogP contribution in [0.5, 0.6) is 0 Å². The van der Waals surface area contributed by atoms with Gasteiger partial charge in [0.15, 0.2) is 5.69 Å². The maximum atomic E-state index is 11.1. The molecule has 0 aliphatic carbocycles. The van der Waals surface area contributed by atoms with E-state index in [1.54, 1.807) is 0 Å². The Morgan fingerprint density at radius 3 is 3.38 bits per heavy atom. The van der Waals surface area contributed by atoms with Gasteiger partial charge in [-0.3, -0.25) is 0 Å². The number of fused-ring (bicyclic) bond motifs is 1. The Labute approximate surface area is 100 Å². The predicted octanol–water partition coefficient (Wildman–Crippen LogP) is 2.06. The monoisotopic (exact) mass is 243 g/mol. The van der Waals surface area contributed by atoms with Gasteiger partial charge in [0.25, 0.3) is 0 Å². The van der Waals surface area contributed by atoms with Crippen molar-refractivity contribution in [2.24, 2.45) is 0 Å². The standard InChI is InChI=1S/C10H9ClN2O3/c1-16-4-5-2-6-7(11)3-12-9(6)13-8(5)10(14)15/h2-3H,4H2,1H3,(H,12,13)(H,14,15)/i1D,4D2. The quantitative estimate of drug-likeness (QED) is 0.865. The molecular weight excluding hydrogens is 232 g/mol. The maximum Gasteiger partial charge on any atom is 0.354 e. The van der Waals surface area contributed by atoms with Gasteiger partial charge in [-0.05, 0) is 6.07 Å². The van der Waals surface area contributed by atoms with E-state index >= 15 is 0 Å². The minimum absolute atomic E-state index is 0.243. The van der Waals surface area contributed by atoms with E-state index in [-0.39, 0.29) is 11.2 Å². The van der Waals surface area contributed by atoms with E-state index in [1.807, 2.05) is 0 Å². The lowest BCUT2D eigenvalue weighted by Crippen LogP contribution is -2.06. The van der Waals surface area contributed by atoms with Crippen molar-refractivity contribution in [2.75, 3.05) is 7.09 Å². The van der Waals surface area contributed by atoms with Gasteiger partial charge in [0.1, 0.15) is 5.65 Å². The van der Waals surface area contributed by atoms with Crippen molar-refractivity contribution in [1.29, 1.82) is 0 Å². The number of carbonyl (C=O) groups is 1. The average Bonchev–Trinajstić information content (AvgIpc) is 2.69. The molecule has 0 saturated heterocycles. The zero-order valence-corrected chi connectivity index (χ0v) is 8.71. The Balaban J connectivity index is 2.72. The van der Waals surface area contributed by atoms with E-state index in [2.05, 4.69) is 14.7 Å². The molecule has 0 spiro atoms. The van der Waals surface area contributed by atoms with Crippen LogP contribution < -0.4 is 0 Å². The van der Waals surface area contributed by atoms with E-state index < -0.39 is 25.3 Å². The van der Waals surface area contributed by atoms with Crippen LogP contribution in [0.2, 0.25) is 5.02 Å². The number of aromatic nitrogens is 2. The number of halogens is 1. The minimum atomic E-state index is -2.43. The molecule has 0 aliphatic heterocycles. The summed E-state index contributed by atoms with van der Waals surface area (Å²) in [5.74, 6) is -1.39. The molecule has 6 heteroatoms. The predicted molar refractivity (Wildman–Crippen MR) is 58.8 cm³/mol. The van der Waals surface area contributed by atoms with Crippen molar-refractivity contribution >= 4 is 28.6 Å². The summed E-state index contributed by atoms with van der Waals surface area (Å²) in [5, 5.41) is 9.77. The smallest absolute Gasteiger partial charge is 0.354 e. The van der Waals surface area contributed by atoms with E-state index in [1.165, 1.54) is 12.3 Å². The lowest BCUT2D eigenvalue weighted by atomic mass is 10.1. The van der Waals surface area contributed by atoms with Crippen LogP contribution in [0.3, 0.4) is 0 Å². The van der Waals surface area contributed by atoms with Gasteiger partial charge >= 0.3 is 5.97 Å². The second-order valence-corrected chi connectivity index (χ2v) is 3.38. The van der Waals surface area contributed by atoms with Crippen LogP contribution in [0.15, 0.2) is 12.3 Å². The number of hydrogen-bond acceptors (Lipinski definition) is 3. The Hall–Kier alpha value is -1.59. The molecule has 2 heterocycles. The minimum Gasteiger partial charge on any atom is -0.476 e. The molecule has 84 valence electrons. The Morgan fingerprint density at radius 2 is 2.69 bits per heavy atom. The second-order valence-electron chi connectivity index (χ2n) is 2.97. The molecule has 0 aromatic carbocycles. The topological polar surface area (TPSA) is 75.2 Å². The molecule has 0 radical (unpaired) electrons. The lowest BCUT2D eigenvalue weighted by Gasteiger charge is -2.04. The fourth-order valence-electron chi connectivity index (χ4n) is 1.33. The number of aromatic amines is 1. The first-order valence-corrected chi connectivity index (χ1v) is 4.59. The third kappa shape index (κ3) is 1.75. The van der Waals surface area contributed by atoms with Crippen LogP contribution >= 0.6 is 11.6 Å². The summed E-state index contributed by atoms with van der Waals surface area (Å²) in [7, 11) is -0.648. The molecule has 0 amide bonds. The van der Waals surface area contributed by atoms with E-state index in [0.717, 1.165) is 0 Å². The number of pyridine rings is 1. The SMILES string of the molecule is [2H]COC([2H])([2H])c1cc2c(Cl)c[nH]c2nc1C(=O)O. The normalized spacial score (nSPS) is 14.4. The number of rotatable bonds is 3. The number of H-pyrrole nitrogens is 1. The van der Waals surface area contributed by atoms with Crippen LogP contribution in [0.25, 0.3) is 11.0 Å². The first-order valence-electron chi connectivity index (χ1n) is 5.92. The molecular formula is C10H9ClN2O3. The van der Waals surface area contributed by atoms with Crippen LogP contribution in [0, 0.1) is 0 Å². The van der Waals surface area contributed by atoms with Crippen molar-refractivity contribution in [3.8, 4) is 0 Å². The van der Waals surface area contributed by atoms with Gasteiger partial charge in [-0.25, -0.2) is 9.78 Å². The second kappa shape index (κ2) is 4.11. The third-order valence-corrected chi connectivity index (χ3v) is 2.31. The Morgan fingerprint density at radius 1 is 1.88 bits per heavy atom. The van der Waals surface area contributed by atoms with Crippen LogP contribution in [-0.4, -0.2) is 28.1 Å². The fraction of sp³-hybridized carbons (Fsp3) is 0.200. The molecule has 0 unspecified atom stereocenters. The molecule has 2 aromatic heterocycles. The van der Waals surface area contributed by atoms with Crippen molar-refractivity contribution in [2.45, 2.75) is 6.56 Å². The number of hydrogen-bond donors (Lipinski definition) is 2. The number of aromatic carboxylic acids is 1. The third-order valence-electron chi connectivity index (χ3n) is 2.00. The number of carboxylic acid groups (broad SMARTS) is 1. The van der Waals surface area contributed by atoms with E-state index in [0.29, 0.717) is 10.4 Å². The first kappa shape index (κ1) is 7.65. The van der Waals surface area contributed by atoms with Gasteiger partial charge in [0.2, 0.25) is 0 Å². The van der Waals surface area contributed by atoms with Gasteiger partial charge in [-0.1, -0.05) is 11.6 Å². The van der Waals surface area contributed by atoms with Gasteiger partial charge in [0, 0.05) is 24.2 Å². The summed E-state index contributed by atoms with van der Waals surface area (Å²) in [6.07, 6.45) is 1.43. The highest BCUT2D eigenvalue weighted by molar-refractivity contribution is 6.35. The van der Waals surface area contributed by atoms with Gasteiger partial charge in [0.05, 0.1) is 15.7 Å². The number of nitrogens with one attached hydrogen (secondary N) is 1. The highest BCUT2D eigenvalue weighted by atomic mass is 35.5. The summed E-state index contributed by atoms with van der Waals surface area (Å²) < 4.78 is 26.8. The average molecular weight is 244 g/mol. The van der Waals surface area contributed by atoms with Crippen molar-refractivity contribution < 1.29 is 18.8 Å². The molecule has 0 atom stereocenters. The fourth-order valence-corrected chi connectivity index (χ4v) is 1.53.